The third-order valence-electron chi connectivity index (χ3n) is 2.47. The molecule has 4 N–H and O–H groups in total. The second kappa shape index (κ2) is 5.58. The molecule has 6 nitrogen and oxygen atoms in total. The molecule has 0 aromatic heterocycles. The topological polar surface area (TPSA) is 101 Å². The first-order chi connectivity index (χ1) is 8.68. The number of hydrogen-bond donors (Lipinski definition) is 3. The number of rotatable bonds is 6. The van der Waals surface area contributed by atoms with Crippen LogP contribution in [0.3, 0.4) is 0 Å². The molecule has 0 radical (unpaired) electrons. The van der Waals surface area contributed by atoms with E-state index in [0.717, 1.165) is 0 Å². The summed E-state index contributed by atoms with van der Waals surface area (Å²) < 4.78 is 27.1. The van der Waals surface area contributed by atoms with Gasteiger partial charge >= 0.3 is 0 Å². The van der Waals surface area contributed by atoms with E-state index in [1.165, 1.54) is 6.07 Å². The summed E-state index contributed by atoms with van der Waals surface area (Å²) in [6, 6.07) is 6.53. The molecular weight excluding hydrogens is 266 g/mol. The summed E-state index contributed by atoms with van der Waals surface area (Å²) in [5.74, 6) is -0.561. The molecule has 7 heteroatoms. The van der Waals surface area contributed by atoms with Crippen LogP contribution in [0.2, 0.25) is 0 Å². The average molecular weight is 285 g/mol. The highest BCUT2D eigenvalue weighted by Crippen LogP contribution is 2.22. The van der Waals surface area contributed by atoms with Crippen LogP contribution in [-0.2, 0) is 14.8 Å². The smallest absolute Gasteiger partial charge is 0.243 e. The summed E-state index contributed by atoms with van der Waals surface area (Å²) >= 11 is 0. The highest BCUT2D eigenvalue weighted by Gasteiger charge is 2.29. The van der Waals surface area contributed by atoms with E-state index in [4.69, 9.17) is 5.73 Å². The average Bonchev–Trinajstić information content (AvgIpc) is 2.25. The van der Waals surface area contributed by atoms with Crippen molar-refractivity contribution in [2.24, 2.45) is 5.73 Å². The molecule has 0 saturated carbocycles. The normalized spacial score (nSPS) is 12.2. The highest BCUT2D eigenvalue weighted by atomic mass is 32.2. The van der Waals surface area contributed by atoms with E-state index in [9.17, 15) is 13.2 Å². The van der Waals surface area contributed by atoms with Crippen molar-refractivity contribution >= 4 is 21.6 Å². The Morgan fingerprint density at radius 2 is 1.89 bits per heavy atom. The summed E-state index contributed by atoms with van der Waals surface area (Å²) in [7, 11) is -2.08. The van der Waals surface area contributed by atoms with Crippen molar-refractivity contribution in [2.75, 3.05) is 12.4 Å². The minimum atomic E-state index is -3.73. The summed E-state index contributed by atoms with van der Waals surface area (Å²) in [6.45, 7) is 3.22. The van der Waals surface area contributed by atoms with Crippen LogP contribution in [0.4, 0.5) is 5.69 Å². The van der Waals surface area contributed by atoms with Gasteiger partial charge in [0.1, 0.15) is 4.90 Å². The van der Waals surface area contributed by atoms with Crippen LogP contribution in [0.5, 0.6) is 0 Å². The number of primary amides is 1. The molecule has 1 aromatic rings. The molecule has 1 amide bonds. The van der Waals surface area contributed by atoms with Crippen molar-refractivity contribution in [2.45, 2.75) is 30.7 Å². The molecule has 1 rings (SSSR count). The Morgan fingerprint density at radius 3 is 2.42 bits per heavy atom. The summed E-state index contributed by atoms with van der Waals surface area (Å²) in [5.41, 5.74) is 4.66. The molecule has 0 saturated heterocycles. The van der Waals surface area contributed by atoms with Gasteiger partial charge < -0.3 is 11.1 Å². The van der Waals surface area contributed by atoms with Gasteiger partial charge in [-0.2, -0.15) is 0 Å². The van der Waals surface area contributed by atoms with Crippen LogP contribution < -0.4 is 15.8 Å². The number of nitrogens with one attached hydrogen (secondary N) is 2. The van der Waals surface area contributed by atoms with Gasteiger partial charge in [0.05, 0.1) is 5.69 Å². The predicted molar refractivity (Wildman–Crippen MR) is 74.2 cm³/mol. The monoisotopic (exact) mass is 285 g/mol. The number of amides is 1. The summed E-state index contributed by atoms with van der Waals surface area (Å²) in [4.78, 5) is 11.1. The lowest BCUT2D eigenvalue weighted by Crippen LogP contribution is -2.46. The zero-order valence-corrected chi connectivity index (χ0v) is 12.0. The molecular formula is C12H19N3O3S. The summed E-state index contributed by atoms with van der Waals surface area (Å²) in [5, 5.41) is 2.82. The van der Waals surface area contributed by atoms with E-state index in [1.807, 2.05) is 0 Å². The SMILES string of the molecule is CNc1ccccc1S(=O)(=O)NC(C)(C)CC(N)=O. The van der Waals surface area contributed by atoms with Crippen LogP contribution in [0.1, 0.15) is 20.3 Å². The Bertz CT molecular complexity index is 567. The molecule has 0 spiro atoms. The fourth-order valence-corrected chi connectivity index (χ4v) is 3.42. The maximum Gasteiger partial charge on any atom is 0.243 e. The van der Waals surface area contributed by atoms with Gasteiger partial charge in [-0.3, -0.25) is 4.79 Å². The van der Waals surface area contributed by atoms with Crippen molar-refractivity contribution in [1.29, 1.82) is 0 Å². The lowest BCUT2D eigenvalue weighted by Gasteiger charge is -2.25. The van der Waals surface area contributed by atoms with Gasteiger partial charge in [0.15, 0.2) is 0 Å². The Hall–Kier alpha value is -1.60. The number of nitrogens with two attached hydrogens (primary N) is 1. The number of anilines is 1. The van der Waals surface area contributed by atoms with E-state index in [0.29, 0.717) is 5.69 Å². The van der Waals surface area contributed by atoms with Crippen LogP contribution in [0, 0.1) is 0 Å². The van der Waals surface area contributed by atoms with Crippen molar-refractivity contribution in [3.05, 3.63) is 24.3 Å². The van der Waals surface area contributed by atoms with Gasteiger partial charge in [-0.25, -0.2) is 13.1 Å². The fraction of sp³-hybridized carbons (Fsp3) is 0.417. The number of carbonyl (C=O) groups excluding carboxylic acids is 1. The Kier molecular flexibility index (Phi) is 4.54. The first-order valence-corrected chi connectivity index (χ1v) is 7.25. The minimum Gasteiger partial charge on any atom is -0.387 e. The molecule has 0 aliphatic rings. The van der Waals surface area contributed by atoms with Crippen LogP contribution in [0.25, 0.3) is 0 Å². The highest BCUT2D eigenvalue weighted by molar-refractivity contribution is 7.89. The van der Waals surface area contributed by atoms with Crippen LogP contribution in [-0.4, -0.2) is 26.9 Å². The van der Waals surface area contributed by atoms with Gasteiger partial charge in [-0.15, -0.1) is 0 Å². The quantitative estimate of drug-likeness (QED) is 0.714. The van der Waals surface area contributed by atoms with E-state index >= 15 is 0 Å². The van der Waals surface area contributed by atoms with Crippen molar-refractivity contribution in [3.63, 3.8) is 0 Å². The van der Waals surface area contributed by atoms with E-state index in [-0.39, 0.29) is 11.3 Å². The molecule has 0 aliphatic heterocycles. The maximum absolute atomic E-state index is 12.3. The van der Waals surface area contributed by atoms with Crippen LogP contribution >= 0.6 is 0 Å². The lowest BCUT2D eigenvalue weighted by molar-refractivity contribution is -0.119. The Labute approximate surface area is 113 Å². The van der Waals surface area contributed by atoms with Gasteiger partial charge in [0, 0.05) is 19.0 Å². The number of carbonyl (C=O) groups is 1. The maximum atomic E-state index is 12.3. The number of hydrogen-bond acceptors (Lipinski definition) is 4. The standard InChI is InChI=1S/C12H19N3O3S/c1-12(2,8-11(13)16)15-19(17,18)10-7-5-4-6-9(10)14-3/h4-7,14-15H,8H2,1-3H3,(H2,13,16). The molecule has 106 valence electrons. The first-order valence-electron chi connectivity index (χ1n) is 5.77. The zero-order chi connectivity index (χ0) is 14.7. The van der Waals surface area contributed by atoms with E-state index in [1.54, 1.807) is 39.1 Å². The third kappa shape index (κ3) is 4.22. The largest absolute Gasteiger partial charge is 0.387 e. The van der Waals surface area contributed by atoms with Gasteiger partial charge in [0.2, 0.25) is 15.9 Å². The lowest BCUT2D eigenvalue weighted by atomic mass is 10.0. The Morgan fingerprint density at radius 1 is 1.32 bits per heavy atom. The van der Waals surface area contributed by atoms with Gasteiger partial charge in [0.25, 0.3) is 0 Å². The number of para-hydroxylation sites is 1. The molecule has 0 unspecified atom stereocenters. The van der Waals surface area contributed by atoms with Crippen molar-refractivity contribution in [3.8, 4) is 0 Å². The minimum absolute atomic E-state index is 0.0754. The molecule has 0 heterocycles. The predicted octanol–water partition coefficient (Wildman–Crippen LogP) is 0.661. The number of benzene rings is 1. The molecule has 19 heavy (non-hydrogen) atoms. The molecule has 0 aliphatic carbocycles. The summed E-state index contributed by atoms with van der Waals surface area (Å²) in [6.07, 6.45) is -0.0754. The third-order valence-corrected chi connectivity index (χ3v) is 4.23. The van der Waals surface area contributed by atoms with Crippen molar-refractivity contribution in [1.82, 2.24) is 4.72 Å². The second-order valence-electron chi connectivity index (χ2n) is 4.88. The molecule has 0 fully saturated rings. The Balaban J connectivity index is 3.08. The van der Waals surface area contributed by atoms with Crippen LogP contribution in [0.15, 0.2) is 29.2 Å². The number of sulfonamides is 1. The molecule has 0 bridgehead atoms. The van der Waals surface area contributed by atoms with E-state index < -0.39 is 21.5 Å². The fourth-order valence-electron chi connectivity index (χ4n) is 1.80. The first kappa shape index (κ1) is 15.5. The van der Waals surface area contributed by atoms with E-state index in [2.05, 4.69) is 10.0 Å². The molecule has 1 aromatic carbocycles. The molecule has 0 atom stereocenters. The second-order valence-corrected chi connectivity index (χ2v) is 6.53. The zero-order valence-electron chi connectivity index (χ0n) is 11.2. The van der Waals surface area contributed by atoms with Gasteiger partial charge in [-0.05, 0) is 26.0 Å². The van der Waals surface area contributed by atoms with Gasteiger partial charge in [-0.1, -0.05) is 12.1 Å². The van der Waals surface area contributed by atoms with Crippen molar-refractivity contribution < 1.29 is 13.2 Å².